The topological polar surface area (TPSA) is 59.9 Å². The molecule has 0 aromatic carbocycles. The lowest BCUT2D eigenvalue weighted by Crippen LogP contribution is -2.47. The van der Waals surface area contributed by atoms with Gasteiger partial charge in [0, 0.05) is 71.3 Å². The van der Waals surface area contributed by atoms with Crippen molar-refractivity contribution in [1.29, 1.82) is 0 Å². The van der Waals surface area contributed by atoms with Gasteiger partial charge in [-0.25, -0.2) is 9.97 Å². The minimum absolute atomic E-state index is 0.596. The van der Waals surface area contributed by atoms with Crippen molar-refractivity contribution in [1.82, 2.24) is 25.1 Å². The Bertz CT molecular complexity index is 648. The van der Waals surface area contributed by atoms with Gasteiger partial charge >= 0.3 is 0 Å². The number of hydrogen-bond acceptors (Lipinski definition) is 5. The highest BCUT2D eigenvalue weighted by molar-refractivity contribution is 5.80. The maximum atomic E-state index is 4.97. The molecule has 1 saturated carbocycles. The summed E-state index contributed by atoms with van der Waals surface area (Å²) in [5.74, 6) is 2.00. The maximum Gasteiger partial charge on any atom is 0.225 e. The van der Waals surface area contributed by atoms with Crippen LogP contribution in [0.25, 0.3) is 0 Å². The fourth-order valence-electron chi connectivity index (χ4n) is 5.18. The molecular weight excluding hydrogens is 362 g/mol. The predicted molar refractivity (Wildman–Crippen MR) is 118 cm³/mol. The lowest BCUT2D eigenvalue weighted by atomic mass is 9.86. The Morgan fingerprint density at radius 3 is 2.55 bits per heavy atom. The molecule has 3 aliphatic rings. The molecule has 1 aromatic rings. The van der Waals surface area contributed by atoms with E-state index in [-0.39, 0.29) is 0 Å². The van der Waals surface area contributed by atoms with Gasteiger partial charge in [0.25, 0.3) is 0 Å². The van der Waals surface area contributed by atoms with Crippen molar-refractivity contribution < 1.29 is 0 Å². The molecule has 3 heterocycles. The number of piperazine rings is 1. The number of aliphatic imine (C=N–C) groups is 1. The quantitative estimate of drug-likeness (QED) is 0.450. The number of anilines is 1. The second-order valence-corrected chi connectivity index (χ2v) is 8.85. The van der Waals surface area contributed by atoms with Crippen molar-refractivity contribution >= 4 is 11.9 Å². The van der Waals surface area contributed by atoms with E-state index in [9.17, 15) is 0 Å². The first-order chi connectivity index (χ1) is 14.3. The van der Waals surface area contributed by atoms with Crippen LogP contribution in [0.15, 0.2) is 23.5 Å². The van der Waals surface area contributed by atoms with Crippen LogP contribution < -0.4 is 10.2 Å². The zero-order valence-electron chi connectivity index (χ0n) is 18.0. The molecule has 0 atom stereocenters. The third-order valence-electron chi connectivity index (χ3n) is 6.84. The summed E-state index contributed by atoms with van der Waals surface area (Å²) in [4.78, 5) is 21.1. The Labute approximate surface area is 175 Å². The molecule has 29 heavy (non-hydrogen) atoms. The van der Waals surface area contributed by atoms with Crippen LogP contribution in [0.1, 0.15) is 45.4 Å². The first-order valence-corrected chi connectivity index (χ1v) is 11.6. The van der Waals surface area contributed by atoms with E-state index < -0.39 is 0 Å². The summed E-state index contributed by atoms with van der Waals surface area (Å²) in [7, 11) is 0. The average Bonchev–Trinajstić information content (AvgIpc) is 3.41. The number of likely N-dealkylation sites (tertiary alicyclic amines) is 1. The van der Waals surface area contributed by atoms with Crippen molar-refractivity contribution in [2.75, 3.05) is 63.8 Å². The van der Waals surface area contributed by atoms with E-state index in [1.807, 2.05) is 18.5 Å². The zero-order chi connectivity index (χ0) is 19.9. The van der Waals surface area contributed by atoms with Crippen molar-refractivity contribution in [3.63, 3.8) is 0 Å². The van der Waals surface area contributed by atoms with Crippen molar-refractivity contribution in [2.45, 2.75) is 45.4 Å². The monoisotopic (exact) mass is 399 g/mol. The minimum Gasteiger partial charge on any atom is -0.357 e. The molecule has 4 rings (SSSR count). The standard InChI is InChI=1S/C22H37N7/c1-2-23-20(29-14-9-22(19-29)7-3-4-8-22)26-12-6-13-27-15-17-28(18-16-27)21-24-10-5-11-25-21/h5,10-11H,2-4,6-9,12-19H2,1H3,(H,23,26). The molecule has 1 aromatic heterocycles. The van der Waals surface area contributed by atoms with Gasteiger partial charge in [0.2, 0.25) is 5.95 Å². The van der Waals surface area contributed by atoms with Gasteiger partial charge in [0.05, 0.1) is 0 Å². The van der Waals surface area contributed by atoms with Crippen LogP contribution in [0.5, 0.6) is 0 Å². The lowest BCUT2D eigenvalue weighted by molar-refractivity contribution is 0.255. The van der Waals surface area contributed by atoms with Gasteiger partial charge in [-0.2, -0.15) is 0 Å². The summed E-state index contributed by atoms with van der Waals surface area (Å²) >= 11 is 0. The molecule has 7 heteroatoms. The van der Waals surface area contributed by atoms with Crippen LogP contribution in [0.3, 0.4) is 0 Å². The van der Waals surface area contributed by atoms with Gasteiger partial charge in [-0.15, -0.1) is 0 Å². The van der Waals surface area contributed by atoms with E-state index in [2.05, 4.69) is 36.9 Å². The summed E-state index contributed by atoms with van der Waals surface area (Å²) in [5.41, 5.74) is 0.596. The van der Waals surface area contributed by atoms with Gasteiger partial charge in [-0.3, -0.25) is 9.89 Å². The van der Waals surface area contributed by atoms with Gasteiger partial charge < -0.3 is 15.1 Å². The molecule has 0 radical (unpaired) electrons. The van der Waals surface area contributed by atoms with Crippen molar-refractivity contribution in [3.05, 3.63) is 18.5 Å². The summed E-state index contributed by atoms with van der Waals surface area (Å²) in [6.07, 6.45) is 11.8. The Kier molecular flexibility index (Phi) is 6.85. The first-order valence-electron chi connectivity index (χ1n) is 11.6. The molecular formula is C22H37N7. The van der Waals surface area contributed by atoms with Crippen molar-refractivity contribution in [2.24, 2.45) is 10.4 Å². The number of guanidine groups is 1. The molecule has 1 aliphatic carbocycles. The summed E-state index contributed by atoms with van der Waals surface area (Å²) in [6.45, 7) is 11.7. The lowest BCUT2D eigenvalue weighted by Gasteiger charge is -2.34. The molecule has 3 fully saturated rings. The number of rotatable bonds is 6. The Hall–Kier alpha value is -1.89. The summed E-state index contributed by atoms with van der Waals surface area (Å²) < 4.78 is 0. The fourth-order valence-corrected chi connectivity index (χ4v) is 5.18. The van der Waals surface area contributed by atoms with Crippen molar-refractivity contribution in [3.8, 4) is 0 Å². The first kappa shape index (κ1) is 20.4. The van der Waals surface area contributed by atoms with Crippen LogP contribution in [0.4, 0.5) is 5.95 Å². The van der Waals surface area contributed by atoms with Gasteiger partial charge in [-0.05, 0) is 44.1 Å². The number of aromatic nitrogens is 2. The van der Waals surface area contributed by atoms with E-state index in [0.29, 0.717) is 5.41 Å². The molecule has 2 saturated heterocycles. The molecule has 1 N–H and O–H groups in total. The predicted octanol–water partition coefficient (Wildman–Crippen LogP) is 2.22. The van der Waals surface area contributed by atoms with Crippen LogP contribution in [-0.2, 0) is 0 Å². The fraction of sp³-hybridized carbons (Fsp3) is 0.773. The second kappa shape index (κ2) is 9.74. The largest absolute Gasteiger partial charge is 0.357 e. The van der Waals surface area contributed by atoms with Gasteiger partial charge in [0.15, 0.2) is 5.96 Å². The second-order valence-electron chi connectivity index (χ2n) is 8.85. The highest BCUT2D eigenvalue weighted by Crippen LogP contribution is 2.45. The van der Waals surface area contributed by atoms with E-state index in [1.54, 1.807) is 0 Å². The zero-order valence-corrected chi connectivity index (χ0v) is 18.0. The smallest absolute Gasteiger partial charge is 0.225 e. The van der Waals surface area contributed by atoms with E-state index in [4.69, 9.17) is 4.99 Å². The highest BCUT2D eigenvalue weighted by Gasteiger charge is 2.41. The molecule has 2 aliphatic heterocycles. The Balaban J connectivity index is 1.20. The molecule has 0 bridgehead atoms. The third kappa shape index (κ3) is 5.18. The molecule has 0 amide bonds. The number of nitrogens with one attached hydrogen (secondary N) is 1. The summed E-state index contributed by atoms with van der Waals surface area (Å²) in [6, 6.07) is 1.87. The highest BCUT2D eigenvalue weighted by atomic mass is 15.3. The normalized spacial score (nSPS) is 22.6. The summed E-state index contributed by atoms with van der Waals surface area (Å²) in [5, 5.41) is 3.54. The van der Waals surface area contributed by atoms with E-state index in [0.717, 1.165) is 64.1 Å². The maximum absolute atomic E-state index is 4.97. The van der Waals surface area contributed by atoms with Crippen LogP contribution in [0.2, 0.25) is 0 Å². The van der Waals surface area contributed by atoms with E-state index in [1.165, 1.54) is 45.2 Å². The van der Waals surface area contributed by atoms with Crippen LogP contribution in [-0.4, -0.2) is 84.6 Å². The molecule has 1 spiro atoms. The molecule has 160 valence electrons. The van der Waals surface area contributed by atoms with Gasteiger partial charge in [0.1, 0.15) is 0 Å². The van der Waals surface area contributed by atoms with Gasteiger partial charge in [-0.1, -0.05) is 12.8 Å². The Morgan fingerprint density at radius 2 is 1.83 bits per heavy atom. The number of nitrogens with zero attached hydrogens (tertiary/aromatic N) is 6. The molecule has 7 nitrogen and oxygen atoms in total. The van der Waals surface area contributed by atoms with Crippen LogP contribution >= 0.6 is 0 Å². The van der Waals surface area contributed by atoms with Crippen LogP contribution in [0, 0.1) is 5.41 Å². The average molecular weight is 400 g/mol. The Morgan fingerprint density at radius 1 is 1.07 bits per heavy atom. The third-order valence-corrected chi connectivity index (χ3v) is 6.84. The SMILES string of the molecule is CCNC(=NCCCN1CCN(c2ncccn2)CC1)N1CCC2(CCCC2)C1. The van der Waals surface area contributed by atoms with E-state index >= 15 is 0 Å². The molecule has 0 unspecified atom stereocenters. The minimum atomic E-state index is 0.596. The number of hydrogen-bond donors (Lipinski definition) is 1.